The van der Waals surface area contributed by atoms with Gasteiger partial charge >= 0.3 is 0 Å². The number of hydrogen-bond donors (Lipinski definition) is 2. The number of carbonyl (C=O) groups excluding carboxylic acids is 1. The topological polar surface area (TPSA) is 97.1 Å². The molecule has 34 heavy (non-hydrogen) atoms. The molecule has 1 aliphatic heterocycles. The molecule has 2 aromatic heterocycles. The lowest BCUT2D eigenvalue weighted by Crippen LogP contribution is -2.48. The molecule has 1 saturated heterocycles. The molecule has 1 amide bonds. The molecule has 7 nitrogen and oxygen atoms in total. The van der Waals surface area contributed by atoms with E-state index in [-0.39, 0.29) is 23.6 Å². The van der Waals surface area contributed by atoms with Gasteiger partial charge < -0.3 is 15.4 Å². The number of H-pyrrole nitrogens is 1. The summed E-state index contributed by atoms with van der Waals surface area (Å²) < 4.78 is 34.6. The van der Waals surface area contributed by atoms with Crippen molar-refractivity contribution in [2.24, 2.45) is 5.73 Å². The second kappa shape index (κ2) is 9.00. The zero-order chi connectivity index (χ0) is 23.8. The molecule has 5 rings (SSSR count). The fourth-order valence-electron chi connectivity index (χ4n) is 4.31. The van der Waals surface area contributed by atoms with Crippen LogP contribution in [0.4, 0.5) is 14.5 Å². The molecule has 0 saturated carbocycles. The Labute approximate surface area is 198 Å². The van der Waals surface area contributed by atoms with Gasteiger partial charge in [0.25, 0.3) is 0 Å². The van der Waals surface area contributed by atoms with Gasteiger partial charge in [-0.1, -0.05) is 11.6 Å². The summed E-state index contributed by atoms with van der Waals surface area (Å²) in [6.45, 7) is 1.02. The van der Waals surface area contributed by atoms with E-state index in [1.165, 1.54) is 0 Å². The number of aromatic amines is 1. The third kappa shape index (κ3) is 3.97. The van der Waals surface area contributed by atoms with E-state index in [0.717, 1.165) is 34.3 Å². The van der Waals surface area contributed by atoms with Crippen LogP contribution in [0.25, 0.3) is 22.2 Å². The molecule has 1 unspecified atom stereocenters. The summed E-state index contributed by atoms with van der Waals surface area (Å²) in [5.74, 6) is -1.87. The van der Waals surface area contributed by atoms with Crippen LogP contribution in [0.3, 0.4) is 0 Å². The van der Waals surface area contributed by atoms with E-state index in [2.05, 4.69) is 15.2 Å². The monoisotopic (exact) mass is 483 g/mol. The van der Waals surface area contributed by atoms with Gasteiger partial charge in [-0.15, -0.1) is 0 Å². The van der Waals surface area contributed by atoms with E-state index in [4.69, 9.17) is 22.1 Å². The summed E-state index contributed by atoms with van der Waals surface area (Å²) in [7, 11) is 0. The number of pyridine rings is 1. The zero-order valence-corrected chi connectivity index (χ0v) is 18.6. The van der Waals surface area contributed by atoms with Crippen LogP contribution in [-0.4, -0.2) is 46.9 Å². The third-order valence-corrected chi connectivity index (χ3v) is 6.39. The van der Waals surface area contributed by atoms with E-state index in [1.54, 1.807) is 12.4 Å². The standard InChI is InChI=1S/C24H20ClF2N5O2/c25-22-14(16(26)1-2-17(22)27)11-15-19(32-9-10-34-20(12-32)24(28)33)4-3-18-21(15)23(31-30-18)13-5-7-29-8-6-13/h1-8,20H,9-12H2,(H2,28,33)(H,30,31). The number of anilines is 1. The summed E-state index contributed by atoms with van der Waals surface area (Å²) in [6.07, 6.45) is 2.53. The van der Waals surface area contributed by atoms with Crippen LogP contribution in [0.2, 0.25) is 5.02 Å². The van der Waals surface area contributed by atoms with Crippen molar-refractivity contribution >= 4 is 34.1 Å². The third-order valence-electron chi connectivity index (χ3n) is 5.98. The van der Waals surface area contributed by atoms with Gasteiger partial charge in [-0.3, -0.25) is 14.9 Å². The van der Waals surface area contributed by atoms with Crippen LogP contribution in [0.5, 0.6) is 0 Å². The molecule has 0 aliphatic carbocycles. The number of aromatic nitrogens is 3. The maximum absolute atomic E-state index is 14.8. The number of benzene rings is 2. The summed E-state index contributed by atoms with van der Waals surface area (Å²) in [4.78, 5) is 17.8. The first-order valence-corrected chi connectivity index (χ1v) is 11.0. The first-order chi connectivity index (χ1) is 16.4. The predicted octanol–water partition coefficient (Wildman–Crippen LogP) is 3.84. The van der Waals surface area contributed by atoms with Crippen LogP contribution >= 0.6 is 11.6 Å². The lowest BCUT2D eigenvalue weighted by atomic mass is 9.95. The Morgan fingerprint density at radius 2 is 1.91 bits per heavy atom. The fraction of sp³-hybridized carbons (Fsp3) is 0.208. The Balaban J connectivity index is 1.72. The Hall–Kier alpha value is -3.56. The number of hydrogen-bond acceptors (Lipinski definition) is 5. The van der Waals surface area contributed by atoms with E-state index in [1.807, 2.05) is 29.2 Å². The van der Waals surface area contributed by atoms with Crippen molar-refractivity contribution in [2.45, 2.75) is 12.5 Å². The molecule has 2 aromatic carbocycles. The minimum absolute atomic E-state index is 0.00527. The minimum atomic E-state index is -0.782. The van der Waals surface area contributed by atoms with Crippen LogP contribution in [0.15, 0.2) is 48.8 Å². The molecule has 0 spiro atoms. The normalized spacial score (nSPS) is 16.2. The number of ether oxygens (including phenoxy) is 1. The first-order valence-electron chi connectivity index (χ1n) is 10.6. The fourth-order valence-corrected chi connectivity index (χ4v) is 4.53. The molecular formula is C24H20ClF2N5O2. The van der Waals surface area contributed by atoms with Crippen LogP contribution in [0, 0.1) is 11.6 Å². The van der Waals surface area contributed by atoms with Gasteiger partial charge in [0, 0.05) is 47.6 Å². The van der Waals surface area contributed by atoms with Gasteiger partial charge in [0.05, 0.1) is 23.7 Å². The van der Waals surface area contributed by atoms with Crippen LogP contribution in [-0.2, 0) is 16.0 Å². The molecule has 1 atom stereocenters. The van der Waals surface area contributed by atoms with Crippen molar-refractivity contribution in [3.63, 3.8) is 0 Å². The average Bonchev–Trinajstić information content (AvgIpc) is 3.29. The van der Waals surface area contributed by atoms with Crippen LogP contribution in [0.1, 0.15) is 11.1 Å². The molecule has 4 aromatic rings. The summed E-state index contributed by atoms with van der Waals surface area (Å²) in [6, 6.07) is 9.43. The molecule has 1 aliphatic rings. The smallest absolute Gasteiger partial charge is 0.248 e. The lowest BCUT2D eigenvalue weighted by Gasteiger charge is -2.34. The molecule has 3 N–H and O–H groups in total. The maximum atomic E-state index is 14.8. The number of primary amides is 1. The molecule has 0 bridgehead atoms. The van der Waals surface area contributed by atoms with Crippen LogP contribution < -0.4 is 10.6 Å². The highest BCUT2D eigenvalue weighted by atomic mass is 35.5. The Morgan fingerprint density at radius 1 is 1.15 bits per heavy atom. The van der Waals surface area contributed by atoms with Gasteiger partial charge in [0.2, 0.25) is 5.91 Å². The number of fused-ring (bicyclic) bond motifs is 1. The highest BCUT2D eigenvalue weighted by Crippen LogP contribution is 2.38. The maximum Gasteiger partial charge on any atom is 0.248 e. The van der Waals surface area contributed by atoms with Gasteiger partial charge in [-0.25, -0.2) is 8.78 Å². The number of nitrogens with two attached hydrogens (primary N) is 1. The minimum Gasteiger partial charge on any atom is -0.367 e. The number of halogens is 3. The van der Waals surface area contributed by atoms with E-state index < -0.39 is 23.6 Å². The number of carbonyl (C=O) groups is 1. The van der Waals surface area contributed by atoms with Gasteiger partial charge in [0.1, 0.15) is 17.3 Å². The number of nitrogens with zero attached hydrogens (tertiary/aromatic N) is 3. The number of nitrogens with one attached hydrogen (secondary N) is 1. The van der Waals surface area contributed by atoms with Gasteiger partial charge in [-0.05, 0) is 42.0 Å². The second-order valence-electron chi connectivity index (χ2n) is 8.00. The summed E-state index contributed by atoms with van der Waals surface area (Å²) in [5.41, 5.74) is 9.11. The SMILES string of the molecule is NC(=O)C1CN(c2ccc3[nH]nc(-c4ccncc4)c3c2Cc2c(F)ccc(F)c2Cl)CCO1. The zero-order valence-electron chi connectivity index (χ0n) is 17.9. The van der Waals surface area contributed by atoms with Crippen molar-refractivity contribution in [3.8, 4) is 11.3 Å². The largest absolute Gasteiger partial charge is 0.367 e. The molecule has 0 radical (unpaired) electrons. The predicted molar refractivity (Wildman–Crippen MR) is 125 cm³/mol. The van der Waals surface area contributed by atoms with Gasteiger partial charge in [0.15, 0.2) is 6.10 Å². The molecular weight excluding hydrogens is 464 g/mol. The van der Waals surface area contributed by atoms with Crippen molar-refractivity contribution in [3.05, 3.63) is 76.6 Å². The Bertz CT molecular complexity index is 1380. The number of amides is 1. The highest BCUT2D eigenvalue weighted by Gasteiger charge is 2.28. The first kappa shape index (κ1) is 22.2. The molecule has 3 heterocycles. The van der Waals surface area contributed by atoms with Crippen molar-refractivity contribution < 1.29 is 18.3 Å². The van der Waals surface area contributed by atoms with Crippen molar-refractivity contribution in [2.75, 3.05) is 24.6 Å². The van der Waals surface area contributed by atoms with Crippen molar-refractivity contribution in [1.82, 2.24) is 15.2 Å². The van der Waals surface area contributed by atoms with Crippen molar-refractivity contribution in [1.29, 1.82) is 0 Å². The summed E-state index contributed by atoms with van der Waals surface area (Å²) >= 11 is 6.19. The molecule has 174 valence electrons. The number of rotatable bonds is 5. The second-order valence-corrected chi connectivity index (χ2v) is 8.38. The highest BCUT2D eigenvalue weighted by molar-refractivity contribution is 6.31. The lowest BCUT2D eigenvalue weighted by molar-refractivity contribution is -0.130. The molecule has 10 heteroatoms. The Kier molecular flexibility index (Phi) is 5.89. The molecule has 1 fully saturated rings. The van der Waals surface area contributed by atoms with E-state index >= 15 is 0 Å². The van der Waals surface area contributed by atoms with Gasteiger partial charge in [-0.2, -0.15) is 5.10 Å². The van der Waals surface area contributed by atoms with E-state index in [0.29, 0.717) is 24.4 Å². The number of morpholine rings is 1. The quantitative estimate of drug-likeness (QED) is 0.420. The Morgan fingerprint density at radius 3 is 2.68 bits per heavy atom. The van der Waals surface area contributed by atoms with E-state index in [9.17, 15) is 13.6 Å². The average molecular weight is 484 g/mol. The summed E-state index contributed by atoms with van der Waals surface area (Å²) in [5, 5.41) is 7.98.